The summed E-state index contributed by atoms with van der Waals surface area (Å²) < 4.78 is 37.6. The first-order chi connectivity index (χ1) is 8.02. The molecule has 2 heterocycles. The van der Waals surface area contributed by atoms with Gasteiger partial charge in [0, 0.05) is 17.9 Å². The van der Waals surface area contributed by atoms with Crippen molar-refractivity contribution in [3.8, 4) is 0 Å². The van der Waals surface area contributed by atoms with Crippen molar-refractivity contribution >= 4 is 21.7 Å². The zero-order chi connectivity index (χ0) is 12.5. The maximum absolute atomic E-state index is 12.5. The quantitative estimate of drug-likeness (QED) is 0.778. The minimum atomic E-state index is -4.38. The Hall–Kier alpha value is -0.780. The van der Waals surface area contributed by atoms with Gasteiger partial charge in [-0.2, -0.15) is 13.2 Å². The fourth-order valence-corrected chi connectivity index (χ4v) is 2.71. The van der Waals surface area contributed by atoms with E-state index in [0.29, 0.717) is 5.82 Å². The molecule has 1 aromatic heterocycles. The summed E-state index contributed by atoms with van der Waals surface area (Å²) in [7, 11) is 0. The molecule has 2 nitrogen and oxygen atoms in total. The first kappa shape index (κ1) is 12.7. The van der Waals surface area contributed by atoms with E-state index in [2.05, 4.69) is 20.9 Å². The number of hydrogen-bond acceptors (Lipinski definition) is 2. The van der Waals surface area contributed by atoms with Crippen LogP contribution in [0.1, 0.15) is 18.5 Å². The molecule has 1 atom stereocenters. The Morgan fingerprint density at radius 3 is 2.82 bits per heavy atom. The topological polar surface area (TPSA) is 16.1 Å². The standard InChI is InChI=1S/C11H12BrF3N2/c12-7-8-3-2-6-17(8)10-5-1-4-9(16-10)11(13,14)15/h1,4-5,8H,2-3,6-7H2. The molecule has 0 spiro atoms. The van der Waals surface area contributed by atoms with Crippen molar-refractivity contribution < 1.29 is 13.2 Å². The molecule has 0 aliphatic carbocycles. The van der Waals surface area contributed by atoms with Crippen molar-refractivity contribution in [2.75, 3.05) is 16.8 Å². The SMILES string of the molecule is FC(F)(F)c1cccc(N2CCCC2CBr)n1. The second kappa shape index (κ2) is 4.84. The molecule has 1 aliphatic heterocycles. The van der Waals surface area contributed by atoms with Crippen LogP contribution in [0.2, 0.25) is 0 Å². The number of halogens is 4. The molecular weight excluding hydrogens is 297 g/mol. The number of rotatable bonds is 2. The third-order valence-corrected chi connectivity index (χ3v) is 3.62. The molecule has 0 saturated carbocycles. The highest BCUT2D eigenvalue weighted by Gasteiger charge is 2.33. The molecule has 0 bridgehead atoms. The van der Waals surface area contributed by atoms with Gasteiger partial charge in [-0.25, -0.2) is 4.98 Å². The van der Waals surface area contributed by atoms with Crippen LogP contribution < -0.4 is 4.90 Å². The second-order valence-electron chi connectivity index (χ2n) is 4.02. The average molecular weight is 309 g/mol. The Morgan fingerprint density at radius 1 is 1.41 bits per heavy atom. The van der Waals surface area contributed by atoms with Crippen LogP contribution in [0.15, 0.2) is 18.2 Å². The van der Waals surface area contributed by atoms with Gasteiger partial charge < -0.3 is 4.90 Å². The molecule has 1 fully saturated rings. The lowest BCUT2D eigenvalue weighted by molar-refractivity contribution is -0.141. The second-order valence-corrected chi connectivity index (χ2v) is 4.67. The molecule has 1 aromatic rings. The summed E-state index contributed by atoms with van der Waals surface area (Å²) in [6.07, 6.45) is -2.39. The molecule has 1 aliphatic rings. The first-order valence-electron chi connectivity index (χ1n) is 5.39. The zero-order valence-corrected chi connectivity index (χ0v) is 10.6. The zero-order valence-electron chi connectivity index (χ0n) is 9.04. The predicted molar refractivity (Wildman–Crippen MR) is 63.4 cm³/mol. The number of pyridine rings is 1. The van der Waals surface area contributed by atoms with Crippen molar-refractivity contribution in [3.63, 3.8) is 0 Å². The van der Waals surface area contributed by atoms with Crippen LogP contribution in [0.25, 0.3) is 0 Å². The molecule has 17 heavy (non-hydrogen) atoms. The maximum atomic E-state index is 12.5. The van der Waals surface area contributed by atoms with Gasteiger partial charge in [-0.3, -0.25) is 0 Å². The van der Waals surface area contributed by atoms with Crippen LogP contribution in [0.5, 0.6) is 0 Å². The van der Waals surface area contributed by atoms with Gasteiger partial charge in [0.25, 0.3) is 0 Å². The largest absolute Gasteiger partial charge is 0.433 e. The van der Waals surface area contributed by atoms with Crippen molar-refractivity contribution in [2.24, 2.45) is 0 Å². The highest BCUT2D eigenvalue weighted by Crippen LogP contribution is 2.31. The monoisotopic (exact) mass is 308 g/mol. The molecule has 94 valence electrons. The van der Waals surface area contributed by atoms with E-state index in [1.807, 2.05) is 4.90 Å². The number of alkyl halides is 4. The molecule has 6 heteroatoms. The van der Waals surface area contributed by atoms with Gasteiger partial charge in [0.1, 0.15) is 11.5 Å². The summed E-state index contributed by atoms with van der Waals surface area (Å²) in [5.74, 6) is 0.418. The van der Waals surface area contributed by atoms with Gasteiger partial charge in [-0.05, 0) is 25.0 Å². The van der Waals surface area contributed by atoms with Gasteiger partial charge in [0.2, 0.25) is 0 Å². The smallest absolute Gasteiger partial charge is 0.353 e. The third-order valence-electron chi connectivity index (χ3n) is 2.87. The van der Waals surface area contributed by atoms with E-state index >= 15 is 0 Å². The highest BCUT2D eigenvalue weighted by molar-refractivity contribution is 9.09. The van der Waals surface area contributed by atoms with Crippen molar-refractivity contribution in [3.05, 3.63) is 23.9 Å². The molecule has 1 unspecified atom stereocenters. The highest BCUT2D eigenvalue weighted by atomic mass is 79.9. The van der Waals surface area contributed by atoms with Gasteiger partial charge in [-0.15, -0.1) is 0 Å². The molecule has 2 rings (SSSR count). The lowest BCUT2D eigenvalue weighted by atomic mass is 10.2. The Balaban J connectivity index is 2.27. The first-order valence-corrected chi connectivity index (χ1v) is 6.51. The molecule has 1 saturated heterocycles. The summed E-state index contributed by atoms with van der Waals surface area (Å²) in [5.41, 5.74) is -0.824. The molecule has 0 radical (unpaired) electrons. The van der Waals surface area contributed by atoms with Crippen LogP contribution >= 0.6 is 15.9 Å². The van der Waals surface area contributed by atoms with Crippen molar-refractivity contribution in [1.29, 1.82) is 0 Å². The Morgan fingerprint density at radius 2 is 2.18 bits per heavy atom. The van der Waals surface area contributed by atoms with Crippen LogP contribution in [0.3, 0.4) is 0 Å². The van der Waals surface area contributed by atoms with Crippen LogP contribution in [-0.4, -0.2) is 22.9 Å². The van der Waals surface area contributed by atoms with E-state index in [1.165, 1.54) is 6.07 Å². The van der Waals surface area contributed by atoms with Gasteiger partial charge in [0.05, 0.1) is 0 Å². The van der Waals surface area contributed by atoms with E-state index in [9.17, 15) is 13.2 Å². The molecule has 0 aromatic carbocycles. The lowest BCUT2D eigenvalue weighted by Gasteiger charge is -2.24. The fraction of sp³-hybridized carbons (Fsp3) is 0.545. The van der Waals surface area contributed by atoms with E-state index in [-0.39, 0.29) is 6.04 Å². The van der Waals surface area contributed by atoms with Crippen LogP contribution in [0, 0.1) is 0 Å². The third kappa shape index (κ3) is 2.73. The van der Waals surface area contributed by atoms with E-state index in [4.69, 9.17) is 0 Å². The van der Waals surface area contributed by atoms with Gasteiger partial charge in [0.15, 0.2) is 0 Å². The summed E-state index contributed by atoms with van der Waals surface area (Å²) in [5, 5.41) is 0.755. The predicted octanol–water partition coefficient (Wildman–Crippen LogP) is 3.46. The van der Waals surface area contributed by atoms with Crippen molar-refractivity contribution in [1.82, 2.24) is 4.98 Å². The van der Waals surface area contributed by atoms with Gasteiger partial charge in [-0.1, -0.05) is 22.0 Å². The lowest BCUT2D eigenvalue weighted by Crippen LogP contribution is -2.31. The average Bonchev–Trinajstić information content (AvgIpc) is 2.76. The Bertz CT molecular complexity index is 395. The van der Waals surface area contributed by atoms with E-state index in [0.717, 1.165) is 30.8 Å². The Labute approximate surface area is 106 Å². The molecular formula is C11H12BrF3N2. The minimum absolute atomic E-state index is 0.242. The van der Waals surface area contributed by atoms with Gasteiger partial charge >= 0.3 is 6.18 Å². The summed E-state index contributed by atoms with van der Waals surface area (Å²) in [6, 6.07) is 4.29. The number of hydrogen-bond donors (Lipinski definition) is 0. The number of anilines is 1. The van der Waals surface area contributed by atoms with E-state index in [1.54, 1.807) is 6.07 Å². The van der Waals surface area contributed by atoms with Crippen molar-refractivity contribution in [2.45, 2.75) is 25.1 Å². The molecule has 0 N–H and O–H groups in total. The summed E-state index contributed by atoms with van der Waals surface area (Å²) in [6.45, 7) is 0.768. The summed E-state index contributed by atoms with van der Waals surface area (Å²) in [4.78, 5) is 5.64. The van der Waals surface area contributed by atoms with Crippen LogP contribution in [0.4, 0.5) is 19.0 Å². The van der Waals surface area contributed by atoms with E-state index < -0.39 is 11.9 Å². The normalized spacial score (nSPS) is 20.9. The summed E-state index contributed by atoms with van der Waals surface area (Å²) >= 11 is 3.38. The number of aromatic nitrogens is 1. The number of nitrogens with zero attached hydrogens (tertiary/aromatic N) is 2. The maximum Gasteiger partial charge on any atom is 0.433 e. The molecule has 0 amide bonds. The van der Waals surface area contributed by atoms with Crippen LogP contribution in [-0.2, 0) is 6.18 Å². The fourth-order valence-electron chi connectivity index (χ4n) is 2.04. The Kier molecular flexibility index (Phi) is 3.61. The minimum Gasteiger partial charge on any atom is -0.353 e.